The molecule has 6 heteroatoms. The van der Waals surface area contributed by atoms with Crippen molar-refractivity contribution in [3.8, 4) is 11.4 Å². The van der Waals surface area contributed by atoms with Crippen molar-refractivity contribution >= 4 is 5.70 Å². The zero-order valence-corrected chi connectivity index (χ0v) is 14.3. The van der Waals surface area contributed by atoms with Gasteiger partial charge in [-0.1, -0.05) is 30.4 Å². The van der Waals surface area contributed by atoms with E-state index in [1.165, 1.54) is 6.33 Å². The van der Waals surface area contributed by atoms with Crippen molar-refractivity contribution in [2.24, 2.45) is 0 Å². The SMILES string of the molecule is CC=CC=C(C)n1ccc(=N)c(Cc2cccc(-c3ncn[nH]3)c2)n1. The molecule has 3 aromatic rings. The highest BCUT2D eigenvalue weighted by Gasteiger charge is 2.06. The van der Waals surface area contributed by atoms with Gasteiger partial charge in [-0.15, -0.1) is 0 Å². The average molecular weight is 332 g/mol. The Morgan fingerprint density at radius 3 is 2.96 bits per heavy atom. The van der Waals surface area contributed by atoms with Crippen molar-refractivity contribution in [2.45, 2.75) is 20.3 Å². The maximum atomic E-state index is 8.15. The molecule has 0 radical (unpaired) electrons. The van der Waals surface area contributed by atoms with E-state index in [1.54, 1.807) is 10.7 Å². The zero-order chi connectivity index (χ0) is 17.6. The third-order valence-corrected chi connectivity index (χ3v) is 3.80. The van der Waals surface area contributed by atoms with Crippen LogP contribution in [0.1, 0.15) is 25.1 Å². The van der Waals surface area contributed by atoms with Crippen molar-refractivity contribution in [1.82, 2.24) is 25.0 Å². The Morgan fingerprint density at radius 2 is 2.20 bits per heavy atom. The van der Waals surface area contributed by atoms with E-state index in [2.05, 4.69) is 20.3 Å². The fourth-order valence-corrected chi connectivity index (χ4v) is 2.46. The summed E-state index contributed by atoms with van der Waals surface area (Å²) in [7, 11) is 0. The lowest BCUT2D eigenvalue weighted by Crippen LogP contribution is -2.16. The lowest BCUT2D eigenvalue weighted by Gasteiger charge is -2.09. The van der Waals surface area contributed by atoms with E-state index in [1.807, 2.05) is 62.5 Å². The minimum Gasteiger partial charge on any atom is -0.299 e. The van der Waals surface area contributed by atoms with Crippen molar-refractivity contribution in [3.05, 3.63) is 77.7 Å². The Bertz CT molecular complexity index is 964. The fourth-order valence-electron chi connectivity index (χ4n) is 2.46. The number of nitrogens with one attached hydrogen (secondary N) is 2. The number of hydrogen-bond acceptors (Lipinski definition) is 4. The van der Waals surface area contributed by atoms with Crippen LogP contribution in [0.2, 0.25) is 0 Å². The molecule has 0 saturated carbocycles. The third kappa shape index (κ3) is 3.98. The summed E-state index contributed by atoms with van der Waals surface area (Å²) < 4.78 is 1.80. The first-order chi connectivity index (χ1) is 12.2. The molecule has 0 amide bonds. The van der Waals surface area contributed by atoms with Gasteiger partial charge in [0.2, 0.25) is 0 Å². The van der Waals surface area contributed by atoms with Gasteiger partial charge in [0.15, 0.2) is 5.82 Å². The number of aromatic amines is 1. The van der Waals surface area contributed by atoms with E-state index >= 15 is 0 Å². The molecule has 0 fully saturated rings. The molecule has 0 atom stereocenters. The molecule has 0 aliphatic carbocycles. The van der Waals surface area contributed by atoms with Gasteiger partial charge >= 0.3 is 0 Å². The minimum atomic E-state index is 0.431. The van der Waals surface area contributed by atoms with Gasteiger partial charge in [0.25, 0.3) is 0 Å². The predicted octanol–water partition coefficient (Wildman–Crippen LogP) is 3.18. The van der Waals surface area contributed by atoms with E-state index < -0.39 is 0 Å². The number of aromatic nitrogens is 5. The molecule has 2 aromatic heterocycles. The molecular formula is C19H20N6. The van der Waals surface area contributed by atoms with Gasteiger partial charge in [0, 0.05) is 23.9 Å². The maximum Gasteiger partial charge on any atom is 0.155 e. The van der Waals surface area contributed by atoms with Crippen LogP contribution in [0.5, 0.6) is 0 Å². The quantitative estimate of drug-likeness (QED) is 0.704. The summed E-state index contributed by atoms with van der Waals surface area (Å²) >= 11 is 0. The Kier molecular flexibility index (Phi) is 4.99. The van der Waals surface area contributed by atoms with Crippen LogP contribution in [0, 0.1) is 5.41 Å². The van der Waals surface area contributed by atoms with Crippen LogP contribution in [0.4, 0.5) is 0 Å². The van der Waals surface area contributed by atoms with Gasteiger partial charge in [0.05, 0.1) is 11.1 Å². The molecule has 0 bridgehead atoms. The summed E-state index contributed by atoms with van der Waals surface area (Å²) in [5.74, 6) is 0.731. The first-order valence-corrected chi connectivity index (χ1v) is 8.05. The van der Waals surface area contributed by atoms with Crippen LogP contribution in [-0.4, -0.2) is 25.0 Å². The number of H-pyrrole nitrogens is 1. The monoisotopic (exact) mass is 332 g/mol. The van der Waals surface area contributed by atoms with E-state index in [9.17, 15) is 0 Å². The molecule has 25 heavy (non-hydrogen) atoms. The maximum absolute atomic E-state index is 8.15. The smallest absolute Gasteiger partial charge is 0.155 e. The molecular weight excluding hydrogens is 312 g/mol. The summed E-state index contributed by atoms with van der Waals surface area (Å²) in [4.78, 5) is 4.18. The second-order valence-electron chi connectivity index (χ2n) is 5.67. The summed E-state index contributed by atoms with van der Waals surface area (Å²) in [5, 5.41) is 19.9. The van der Waals surface area contributed by atoms with Crippen molar-refractivity contribution in [2.75, 3.05) is 0 Å². The normalized spacial score (nSPS) is 12.0. The number of allylic oxidation sites excluding steroid dienone is 4. The van der Waals surface area contributed by atoms with E-state index in [0.29, 0.717) is 11.8 Å². The number of nitrogens with zero attached hydrogens (tertiary/aromatic N) is 4. The van der Waals surface area contributed by atoms with Crippen LogP contribution >= 0.6 is 0 Å². The first-order valence-electron chi connectivity index (χ1n) is 8.05. The summed E-state index contributed by atoms with van der Waals surface area (Å²) in [6.45, 7) is 3.96. The highest BCUT2D eigenvalue weighted by atomic mass is 15.3. The fraction of sp³-hybridized carbons (Fsp3) is 0.158. The lowest BCUT2D eigenvalue weighted by molar-refractivity contribution is 0.793. The number of rotatable bonds is 5. The molecule has 0 saturated heterocycles. The van der Waals surface area contributed by atoms with E-state index in [4.69, 9.17) is 5.41 Å². The third-order valence-electron chi connectivity index (χ3n) is 3.80. The summed E-state index contributed by atoms with van der Waals surface area (Å²) in [5.41, 5.74) is 3.76. The van der Waals surface area contributed by atoms with Crippen LogP contribution in [0.3, 0.4) is 0 Å². The molecule has 6 nitrogen and oxygen atoms in total. The molecule has 0 aliphatic heterocycles. The molecule has 1 aromatic carbocycles. The Morgan fingerprint density at radius 1 is 1.32 bits per heavy atom. The van der Waals surface area contributed by atoms with Gasteiger partial charge in [-0.05, 0) is 37.6 Å². The Balaban J connectivity index is 1.90. The van der Waals surface area contributed by atoms with Gasteiger partial charge in [-0.3, -0.25) is 10.5 Å². The van der Waals surface area contributed by atoms with Crippen molar-refractivity contribution in [3.63, 3.8) is 0 Å². The van der Waals surface area contributed by atoms with Crippen LogP contribution < -0.4 is 5.36 Å². The van der Waals surface area contributed by atoms with Gasteiger partial charge in [-0.25, -0.2) is 9.67 Å². The first kappa shape index (κ1) is 16.6. The van der Waals surface area contributed by atoms with Crippen LogP contribution in [-0.2, 0) is 6.42 Å². The Labute approximate surface area is 146 Å². The highest BCUT2D eigenvalue weighted by molar-refractivity contribution is 5.55. The van der Waals surface area contributed by atoms with E-state index in [-0.39, 0.29) is 0 Å². The average Bonchev–Trinajstić information content (AvgIpc) is 3.16. The molecule has 0 spiro atoms. The zero-order valence-electron chi connectivity index (χ0n) is 14.3. The summed E-state index contributed by atoms with van der Waals surface area (Å²) in [6, 6.07) is 9.80. The molecule has 2 N–H and O–H groups in total. The second kappa shape index (κ2) is 7.53. The lowest BCUT2D eigenvalue weighted by atomic mass is 10.1. The predicted molar refractivity (Wildman–Crippen MR) is 97.5 cm³/mol. The van der Waals surface area contributed by atoms with E-state index in [0.717, 1.165) is 28.3 Å². The van der Waals surface area contributed by atoms with Crippen LogP contribution in [0.25, 0.3) is 17.1 Å². The molecule has 126 valence electrons. The number of hydrogen-bond donors (Lipinski definition) is 2. The molecule has 3 rings (SSSR count). The van der Waals surface area contributed by atoms with Crippen LogP contribution in [0.15, 0.2) is 61.1 Å². The highest BCUT2D eigenvalue weighted by Crippen LogP contribution is 2.16. The molecule has 2 heterocycles. The minimum absolute atomic E-state index is 0.431. The van der Waals surface area contributed by atoms with Gasteiger partial charge in [0.1, 0.15) is 6.33 Å². The topological polar surface area (TPSA) is 83.2 Å². The molecule has 0 aliphatic rings. The Hall–Kier alpha value is -3.28. The largest absolute Gasteiger partial charge is 0.299 e. The summed E-state index contributed by atoms with van der Waals surface area (Å²) in [6.07, 6.45) is 9.82. The molecule has 0 unspecified atom stereocenters. The van der Waals surface area contributed by atoms with Gasteiger partial charge < -0.3 is 0 Å². The van der Waals surface area contributed by atoms with Crippen molar-refractivity contribution in [1.29, 1.82) is 5.41 Å². The number of benzene rings is 1. The van der Waals surface area contributed by atoms with Gasteiger partial charge in [-0.2, -0.15) is 10.2 Å². The van der Waals surface area contributed by atoms with Crippen molar-refractivity contribution < 1.29 is 0 Å². The second-order valence-corrected chi connectivity index (χ2v) is 5.67. The standard InChI is InChI=1S/C19H20N6/c1-3-4-6-14(2)25-10-9-17(20)18(24-25)12-15-7-5-8-16(11-15)19-21-13-22-23-19/h3-11,13,20H,12H2,1-2H3,(H,21,22,23).